The van der Waals surface area contributed by atoms with Crippen molar-refractivity contribution in [2.75, 3.05) is 26.4 Å². The van der Waals surface area contributed by atoms with Crippen molar-refractivity contribution in [3.8, 4) is 0 Å². The summed E-state index contributed by atoms with van der Waals surface area (Å²) in [5, 5.41) is 0. The zero-order valence-electron chi connectivity index (χ0n) is 20.9. The molecule has 0 atom stereocenters. The molecule has 0 amide bonds. The predicted molar refractivity (Wildman–Crippen MR) is 122 cm³/mol. The molecular formula is C24H54O3. The largest absolute Gasteiger partial charge is 0.381 e. The molecular weight excluding hydrogens is 336 g/mol. The first-order chi connectivity index (χ1) is 12.4. The van der Waals surface area contributed by atoms with Crippen LogP contribution in [0.1, 0.15) is 95.9 Å². The highest BCUT2D eigenvalue weighted by molar-refractivity contribution is 4.45. The van der Waals surface area contributed by atoms with Gasteiger partial charge >= 0.3 is 0 Å². The predicted octanol–water partition coefficient (Wildman–Crippen LogP) is 7.23. The normalized spacial score (nSPS) is 11.3. The zero-order valence-corrected chi connectivity index (χ0v) is 20.9. The monoisotopic (exact) mass is 390 g/mol. The maximum Gasteiger partial charge on any atom is 0.0518 e. The lowest BCUT2D eigenvalue weighted by Gasteiger charge is -2.08. The summed E-state index contributed by atoms with van der Waals surface area (Å²) >= 11 is 0. The van der Waals surface area contributed by atoms with Crippen LogP contribution < -0.4 is 0 Å². The molecule has 27 heavy (non-hydrogen) atoms. The average molecular weight is 391 g/mol. The quantitative estimate of drug-likeness (QED) is 0.352. The Morgan fingerprint density at radius 2 is 0.741 bits per heavy atom. The molecule has 0 aliphatic carbocycles. The van der Waals surface area contributed by atoms with Gasteiger partial charge in [-0.15, -0.1) is 0 Å². The van der Waals surface area contributed by atoms with Crippen LogP contribution in [0.25, 0.3) is 0 Å². The van der Waals surface area contributed by atoms with Gasteiger partial charge in [-0.1, -0.05) is 55.4 Å². The van der Waals surface area contributed by atoms with Crippen LogP contribution in [0, 0.1) is 23.7 Å². The molecule has 0 aromatic rings. The van der Waals surface area contributed by atoms with E-state index in [1.165, 1.54) is 12.8 Å². The number of rotatable bonds is 12. The molecule has 0 saturated carbocycles. The van der Waals surface area contributed by atoms with Gasteiger partial charge in [0, 0.05) is 26.4 Å². The summed E-state index contributed by atoms with van der Waals surface area (Å²) < 4.78 is 16.1. The molecule has 0 aliphatic heterocycles. The molecule has 0 aliphatic rings. The Bertz CT molecular complexity index is 192. The van der Waals surface area contributed by atoms with Crippen molar-refractivity contribution < 1.29 is 14.2 Å². The Hall–Kier alpha value is -0.120. The Morgan fingerprint density at radius 1 is 0.444 bits per heavy atom. The third-order valence-electron chi connectivity index (χ3n) is 3.20. The Morgan fingerprint density at radius 3 is 0.926 bits per heavy atom. The number of hydrogen-bond donors (Lipinski definition) is 0. The Balaban J connectivity index is -0.000000320. The first kappa shape index (κ1) is 31.6. The van der Waals surface area contributed by atoms with Gasteiger partial charge in [-0.3, -0.25) is 0 Å². The molecule has 0 radical (unpaired) electrons. The fourth-order valence-electron chi connectivity index (χ4n) is 1.62. The molecule has 0 heterocycles. The van der Waals surface area contributed by atoms with E-state index in [1.54, 1.807) is 0 Å². The molecule has 0 aromatic carbocycles. The maximum absolute atomic E-state index is 5.36. The van der Waals surface area contributed by atoms with Crippen molar-refractivity contribution in [2.24, 2.45) is 23.7 Å². The first-order valence-electron chi connectivity index (χ1n) is 11.2. The summed E-state index contributed by atoms with van der Waals surface area (Å²) in [6.45, 7) is 29.4. The second kappa shape index (κ2) is 22.2. The molecule has 0 spiro atoms. The molecule has 0 N–H and O–H groups in total. The van der Waals surface area contributed by atoms with Crippen molar-refractivity contribution in [1.82, 2.24) is 0 Å². The lowest BCUT2D eigenvalue weighted by Crippen LogP contribution is -2.06. The summed E-state index contributed by atoms with van der Waals surface area (Å²) in [7, 11) is 0. The van der Waals surface area contributed by atoms with Crippen molar-refractivity contribution >= 4 is 0 Å². The van der Waals surface area contributed by atoms with Crippen LogP contribution in [0.3, 0.4) is 0 Å². The van der Waals surface area contributed by atoms with Gasteiger partial charge in [-0.05, 0) is 64.2 Å². The second-order valence-electron chi connectivity index (χ2n) is 9.53. The second-order valence-corrected chi connectivity index (χ2v) is 9.53. The van der Waals surface area contributed by atoms with Gasteiger partial charge < -0.3 is 14.2 Å². The van der Waals surface area contributed by atoms with E-state index in [9.17, 15) is 0 Å². The third-order valence-corrected chi connectivity index (χ3v) is 3.20. The minimum Gasteiger partial charge on any atom is -0.381 e. The lowest BCUT2D eigenvalue weighted by atomic mass is 10.1. The van der Waals surface area contributed by atoms with Gasteiger partial charge in [0.1, 0.15) is 0 Å². The Labute approximate surface area is 172 Å². The van der Waals surface area contributed by atoms with E-state index in [4.69, 9.17) is 14.2 Å². The van der Waals surface area contributed by atoms with E-state index in [-0.39, 0.29) is 0 Å². The highest BCUT2D eigenvalue weighted by atomic mass is 16.5. The topological polar surface area (TPSA) is 27.7 Å². The molecule has 0 saturated heterocycles. The van der Waals surface area contributed by atoms with Crippen LogP contribution in [0.5, 0.6) is 0 Å². The summed E-state index contributed by atoms with van der Waals surface area (Å²) in [6.07, 6.45) is 3.14. The van der Waals surface area contributed by atoms with Crippen LogP contribution in [0.15, 0.2) is 0 Å². The maximum atomic E-state index is 5.36. The fourth-order valence-corrected chi connectivity index (χ4v) is 1.62. The standard InChI is InChI=1S/3C8H18O/c1-7(2)5-9-6-8(3)4;2*1-7(2)5-6-9-8(3)4/h3*7-8H,5-6H2,1-4H3. The van der Waals surface area contributed by atoms with E-state index in [0.717, 1.165) is 38.3 Å². The molecule has 0 aromatic heterocycles. The number of hydrogen-bond acceptors (Lipinski definition) is 3. The van der Waals surface area contributed by atoms with E-state index < -0.39 is 0 Å². The van der Waals surface area contributed by atoms with Crippen LogP contribution in [0.4, 0.5) is 0 Å². The van der Waals surface area contributed by atoms with Gasteiger partial charge in [-0.25, -0.2) is 0 Å². The van der Waals surface area contributed by atoms with E-state index >= 15 is 0 Å². The van der Waals surface area contributed by atoms with E-state index in [2.05, 4.69) is 83.1 Å². The van der Waals surface area contributed by atoms with Crippen molar-refractivity contribution in [3.63, 3.8) is 0 Å². The summed E-state index contributed by atoms with van der Waals surface area (Å²) in [5.74, 6) is 2.87. The van der Waals surface area contributed by atoms with Gasteiger partial charge in [0.2, 0.25) is 0 Å². The smallest absolute Gasteiger partial charge is 0.0518 e. The number of ether oxygens (including phenoxy) is 3. The molecule has 0 unspecified atom stereocenters. The van der Waals surface area contributed by atoms with Crippen LogP contribution in [-0.2, 0) is 14.2 Å². The minimum atomic E-state index is 0.392. The third kappa shape index (κ3) is 46.2. The van der Waals surface area contributed by atoms with Crippen LogP contribution in [0.2, 0.25) is 0 Å². The average Bonchev–Trinajstić information content (AvgIpc) is 2.46. The van der Waals surface area contributed by atoms with Crippen LogP contribution >= 0.6 is 0 Å². The van der Waals surface area contributed by atoms with Crippen LogP contribution in [-0.4, -0.2) is 38.6 Å². The van der Waals surface area contributed by atoms with Gasteiger partial charge in [-0.2, -0.15) is 0 Å². The highest BCUT2D eigenvalue weighted by Gasteiger charge is 1.96. The van der Waals surface area contributed by atoms with Gasteiger partial charge in [0.15, 0.2) is 0 Å². The van der Waals surface area contributed by atoms with Crippen molar-refractivity contribution in [2.45, 2.75) is 108 Å². The lowest BCUT2D eigenvalue weighted by molar-refractivity contribution is 0.0707. The zero-order chi connectivity index (χ0) is 21.8. The van der Waals surface area contributed by atoms with Gasteiger partial charge in [0.25, 0.3) is 0 Å². The Kier molecular flexibility index (Phi) is 25.9. The summed E-state index contributed by atoms with van der Waals surface area (Å²) in [4.78, 5) is 0. The fraction of sp³-hybridized carbons (Fsp3) is 1.00. The van der Waals surface area contributed by atoms with Crippen molar-refractivity contribution in [3.05, 3.63) is 0 Å². The summed E-state index contributed by atoms with van der Waals surface area (Å²) in [5.41, 5.74) is 0. The molecule has 0 fully saturated rings. The molecule has 3 heteroatoms. The molecule has 0 rings (SSSR count). The SMILES string of the molecule is CC(C)CCOC(C)C.CC(C)CCOC(C)C.CC(C)COCC(C)C. The summed E-state index contributed by atoms with van der Waals surface area (Å²) in [6, 6.07) is 0. The molecule has 168 valence electrons. The first-order valence-corrected chi connectivity index (χ1v) is 11.2. The van der Waals surface area contributed by atoms with E-state index in [1.807, 2.05) is 0 Å². The highest BCUT2D eigenvalue weighted by Crippen LogP contribution is 2.01. The minimum absolute atomic E-state index is 0.392. The van der Waals surface area contributed by atoms with E-state index in [0.29, 0.717) is 24.0 Å². The molecule has 0 bridgehead atoms. The van der Waals surface area contributed by atoms with Gasteiger partial charge in [0.05, 0.1) is 12.2 Å². The molecule has 3 nitrogen and oxygen atoms in total. The van der Waals surface area contributed by atoms with Crippen molar-refractivity contribution in [1.29, 1.82) is 0 Å².